The Morgan fingerprint density at radius 3 is 2.33 bits per heavy atom. The van der Waals surface area contributed by atoms with Crippen molar-refractivity contribution in [3.8, 4) is 11.5 Å². The molecule has 0 unspecified atom stereocenters. The summed E-state index contributed by atoms with van der Waals surface area (Å²) in [5.74, 6) is 0.867. The van der Waals surface area contributed by atoms with E-state index in [1.807, 2.05) is 60.7 Å². The molecule has 0 bridgehead atoms. The molecule has 0 atom stereocenters. The average Bonchev–Trinajstić information content (AvgIpc) is 3.30. The van der Waals surface area contributed by atoms with Crippen LogP contribution in [0.25, 0.3) is 11.3 Å². The molecule has 202 valence electrons. The van der Waals surface area contributed by atoms with Gasteiger partial charge >= 0.3 is 0 Å². The van der Waals surface area contributed by atoms with Crippen molar-refractivity contribution < 1.29 is 23.8 Å². The van der Waals surface area contributed by atoms with E-state index in [0.717, 1.165) is 30.0 Å². The first-order valence-electron chi connectivity index (χ1n) is 12.8. The fourth-order valence-corrected chi connectivity index (χ4v) is 4.74. The van der Waals surface area contributed by atoms with Crippen molar-refractivity contribution in [3.05, 3.63) is 77.9 Å². The number of fused-ring (bicyclic) bond motifs is 1. The minimum atomic E-state index is -0.225. The van der Waals surface area contributed by atoms with Gasteiger partial charge in [-0.3, -0.25) is 14.5 Å². The van der Waals surface area contributed by atoms with Crippen molar-refractivity contribution in [1.82, 2.24) is 4.90 Å². The lowest BCUT2D eigenvalue weighted by Gasteiger charge is -2.28. The third kappa shape index (κ3) is 5.59. The van der Waals surface area contributed by atoms with Crippen molar-refractivity contribution in [2.45, 2.75) is 0 Å². The molecule has 3 aromatic rings. The lowest BCUT2D eigenvalue weighted by atomic mass is 9.99. The van der Waals surface area contributed by atoms with E-state index in [2.05, 4.69) is 15.5 Å². The second kappa shape index (κ2) is 11.6. The number of ether oxygens (including phenoxy) is 3. The maximum absolute atomic E-state index is 13.3. The Balaban J connectivity index is 1.44. The number of amides is 2. The van der Waals surface area contributed by atoms with Gasteiger partial charge in [-0.25, -0.2) is 0 Å². The van der Waals surface area contributed by atoms with E-state index >= 15 is 0 Å². The Bertz CT molecular complexity index is 1380. The molecule has 0 aromatic heterocycles. The van der Waals surface area contributed by atoms with Crippen LogP contribution in [0, 0.1) is 0 Å². The first-order valence-corrected chi connectivity index (χ1v) is 12.8. The number of methoxy groups -OCH3 is 2. The van der Waals surface area contributed by atoms with Gasteiger partial charge in [0.05, 0.1) is 50.9 Å². The number of nitrogens with one attached hydrogen (secondary N) is 2. The molecule has 1 fully saturated rings. The average molecular weight is 529 g/mol. The summed E-state index contributed by atoms with van der Waals surface area (Å²) < 4.78 is 16.3. The Morgan fingerprint density at radius 1 is 1.00 bits per heavy atom. The summed E-state index contributed by atoms with van der Waals surface area (Å²) in [4.78, 5) is 29.9. The summed E-state index contributed by atoms with van der Waals surface area (Å²) in [6.45, 7) is 3.18. The van der Waals surface area contributed by atoms with Crippen LogP contribution in [-0.2, 0) is 14.3 Å². The minimum absolute atomic E-state index is 0.0216. The van der Waals surface area contributed by atoms with E-state index in [1.54, 1.807) is 32.2 Å². The van der Waals surface area contributed by atoms with Crippen molar-refractivity contribution in [3.63, 3.8) is 0 Å². The molecule has 2 amide bonds. The summed E-state index contributed by atoms with van der Waals surface area (Å²) in [6, 6.07) is 20.9. The molecule has 9 nitrogen and oxygen atoms in total. The highest BCUT2D eigenvalue weighted by molar-refractivity contribution is 6.37. The lowest BCUT2D eigenvalue weighted by molar-refractivity contribution is -0.120. The molecule has 0 aliphatic carbocycles. The van der Waals surface area contributed by atoms with Gasteiger partial charge in [-0.1, -0.05) is 30.3 Å². The number of carbonyl (C=O) groups excluding carboxylic acids is 2. The van der Waals surface area contributed by atoms with Gasteiger partial charge in [0.1, 0.15) is 0 Å². The molecule has 5 rings (SSSR count). The van der Waals surface area contributed by atoms with Crippen molar-refractivity contribution >= 4 is 40.1 Å². The largest absolute Gasteiger partial charge is 0.493 e. The summed E-state index contributed by atoms with van der Waals surface area (Å²) in [7, 11) is 4.91. The highest BCUT2D eigenvalue weighted by atomic mass is 16.5. The molecule has 0 saturated carbocycles. The van der Waals surface area contributed by atoms with Crippen LogP contribution in [0.3, 0.4) is 0 Å². The molecule has 9 heteroatoms. The topological polar surface area (TPSA) is 92.4 Å². The van der Waals surface area contributed by atoms with Crippen LogP contribution >= 0.6 is 0 Å². The first-order chi connectivity index (χ1) is 19.0. The number of rotatable bonds is 8. The number of anilines is 3. The van der Waals surface area contributed by atoms with E-state index in [1.165, 1.54) is 0 Å². The van der Waals surface area contributed by atoms with E-state index in [-0.39, 0.29) is 11.8 Å². The molecule has 2 N–H and O–H groups in total. The van der Waals surface area contributed by atoms with Crippen LogP contribution in [0.4, 0.5) is 17.1 Å². The highest BCUT2D eigenvalue weighted by Gasteiger charge is 2.30. The molecule has 0 spiro atoms. The Hall–Kier alpha value is -4.34. The second-order valence-corrected chi connectivity index (χ2v) is 9.34. The number of carbonyl (C=O) groups is 2. The highest BCUT2D eigenvalue weighted by Crippen LogP contribution is 2.43. The Kier molecular flexibility index (Phi) is 7.81. The van der Waals surface area contributed by atoms with Crippen molar-refractivity contribution in [2.75, 3.05) is 69.6 Å². The molecule has 2 heterocycles. The van der Waals surface area contributed by atoms with Gasteiger partial charge in [-0.05, 0) is 35.9 Å². The number of benzene rings is 3. The summed E-state index contributed by atoms with van der Waals surface area (Å²) in [6.07, 6.45) is 0. The zero-order valence-corrected chi connectivity index (χ0v) is 22.3. The summed E-state index contributed by atoms with van der Waals surface area (Å²) in [5.41, 5.74) is 4.94. The van der Waals surface area contributed by atoms with Gasteiger partial charge in [0.25, 0.3) is 5.91 Å². The van der Waals surface area contributed by atoms with Crippen LogP contribution in [0.2, 0.25) is 0 Å². The number of hydrogen-bond acceptors (Lipinski definition) is 7. The van der Waals surface area contributed by atoms with Gasteiger partial charge in [0.2, 0.25) is 5.91 Å². The Morgan fingerprint density at radius 2 is 1.67 bits per heavy atom. The summed E-state index contributed by atoms with van der Waals surface area (Å²) in [5, 5.41) is 6.41. The standard InChI is InChI=1S/C30H32N4O5/c1-33(27(35)19-34-13-15-39-16-14-34)22-11-9-21(10-12-22)31-29(20-7-5-4-6-8-20)28-23-17-25(37-2)26(38-3)18-24(23)32-30(28)36/h4-12,17-18,31H,13-16,19H2,1-3H3,(H,32,36)/b29-28-. The zero-order valence-electron chi connectivity index (χ0n) is 22.3. The van der Waals surface area contributed by atoms with Crippen LogP contribution in [0.5, 0.6) is 11.5 Å². The fraction of sp³-hybridized carbons (Fsp3) is 0.267. The predicted octanol–water partition coefficient (Wildman–Crippen LogP) is 3.93. The van der Waals surface area contributed by atoms with E-state index in [0.29, 0.717) is 53.8 Å². The molecule has 0 radical (unpaired) electrons. The molecular formula is C30H32N4O5. The number of nitrogens with zero attached hydrogens (tertiary/aromatic N) is 2. The van der Waals surface area contributed by atoms with Crippen molar-refractivity contribution in [2.24, 2.45) is 0 Å². The number of likely N-dealkylation sites (N-methyl/N-ethyl adjacent to an activating group) is 1. The van der Waals surface area contributed by atoms with Gasteiger partial charge in [0.15, 0.2) is 11.5 Å². The third-order valence-electron chi connectivity index (χ3n) is 6.94. The smallest absolute Gasteiger partial charge is 0.258 e. The van der Waals surface area contributed by atoms with Gasteiger partial charge in [0, 0.05) is 43.1 Å². The molecule has 2 aliphatic heterocycles. The first kappa shape index (κ1) is 26.3. The lowest BCUT2D eigenvalue weighted by Crippen LogP contribution is -2.43. The van der Waals surface area contributed by atoms with Crippen LogP contribution < -0.4 is 25.0 Å². The third-order valence-corrected chi connectivity index (χ3v) is 6.94. The minimum Gasteiger partial charge on any atom is -0.493 e. The van der Waals surface area contributed by atoms with Gasteiger partial charge < -0.3 is 29.7 Å². The van der Waals surface area contributed by atoms with E-state index in [9.17, 15) is 9.59 Å². The number of morpholine rings is 1. The second-order valence-electron chi connectivity index (χ2n) is 9.34. The van der Waals surface area contributed by atoms with Crippen LogP contribution in [0.1, 0.15) is 11.1 Å². The molecule has 2 aliphatic rings. The van der Waals surface area contributed by atoms with Crippen LogP contribution in [0.15, 0.2) is 66.7 Å². The van der Waals surface area contributed by atoms with Crippen molar-refractivity contribution in [1.29, 1.82) is 0 Å². The summed E-state index contributed by atoms with van der Waals surface area (Å²) >= 11 is 0. The molecule has 1 saturated heterocycles. The maximum Gasteiger partial charge on any atom is 0.258 e. The predicted molar refractivity (Wildman–Crippen MR) is 152 cm³/mol. The van der Waals surface area contributed by atoms with Gasteiger partial charge in [-0.2, -0.15) is 0 Å². The molecular weight excluding hydrogens is 496 g/mol. The van der Waals surface area contributed by atoms with E-state index < -0.39 is 0 Å². The van der Waals surface area contributed by atoms with E-state index in [4.69, 9.17) is 14.2 Å². The SMILES string of the molecule is COc1cc2c(cc1OC)/C(=C(/Nc1ccc(N(C)C(=O)CN3CCOCC3)cc1)c1ccccc1)C(=O)N2. The maximum atomic E-state index is 13.3. The molecule has 39 heavy (non-hydrogen) atoms. The fourth-order valence-electron chi connectivity index (χ4n) is 4.74. The molecule has 3 aromatic carbocycles. The quantitative estimate of drug-likeness (QED) is 0.428. The van der Waals surface area contributed by atoms with Gasteiger partial charge in [-0.15, -0.1) is 0 Å². The monoisotopic (exact) mass is 528 g/mol. The van der Waals surface area contributed by atoms with Crippen LogP contribution in [-0.4, -0.2) is 70.8 Å². The normalized spacial score (nSPS) is 16.2. The number of hydrogen-bond donors (Lipinski definition) is 2. The Labute approximate surface area is 228 Å². The zero-order chi connectivity index (χ0) is 27.4.